The topological polar surface area (TPSA) is 29.5 Å². The molecule has 0 spiro atoms. The standard InChI is InChI=1S/C11H21NO2/c1-6-10(5)12(9(3)4)8-11(13)14-7-2/h6,9-10H,1,7-8H2,2-5H3. The molecule has 1 atom stereocenters. The summed E-state index contributed by atoms with van der Waals surface area (Å²) in [4.78, 5) is 13.3. The van der Waals surface area contributed by atoms with Crippen LogP contribution in [0.25, 0.3) is 0 Å². The predicted molar refractivity (Wildman–Crippen MR) is 58.1 cm³/mol. The quantitative estimate of drug-likeness (QED) is 0.483. The van der Waals surface area contributed by atoms with Crippen LogP contribution in [0.1, 0.15) is 27.7 Å². The molecule has 0 aliphatic carbocycles. The van der Waals surface area contributed by atoms with Crippen LogP contribution in [0.2, 0.25) is 0 Å². The van der Waals surface area contributed by atoms with Gasteiger partial charge in [-0.05, 0) is 27.7 Å². The van der Waals surface area contributed by atoms with Gasteiger partial charge >= 0.3 is 5.97 Å². The maximum absolute atomic E-state index is 11.3. The van der Waals surface area contributed by atoms with E-state index in [0.29, 0.717) is 19.2 Å². The summed E-state index contributed by atoms with van der Waals surface area (Å²) >= 11 is 0. The first-order chi connectivity index (χ1) is 6.52. The molecule has 3 heteroatoms. The van der Waals surface area contributed by atoms with Crippen LogP contribution in [-0.4, -0.2) is 36.1 Å². The highest BCUT2D eigenvalue weighted by Crippen LogP contribution is 2.06. The van der Waals surface area contributed by atoms with Crippen molar-refractivity contribution >= 4 is 5.97 Å². The number of rotatable bonds is 6. The second-order valence-electron chi connectivity index (χ2n) is 3.55. The van der Waals surface area contributed by atoms with E-state index in [0.717, 1.165) is 0 Å². The Hall–Kier alpha value is -0.830. The van der Waals surface area contributed by atoms with Gasteiger partial charge in [0.05, 0.1) is 13.2 Å². The fourth-order valence-corrected chi connectivity index (χ4v) is 1.29. The van der Waals surface area contributed by atoms with Crippen molar-refractivity contribution in [3.8, 4) is 0 Å². The molecule has 0 fully saturated rings. The molecular formula is C11H21NO2. The molecule has 0 aliphatic heterocycles. The van der Waals surface area contributed by atoms with Crippen LogP contribution in [0.4, 0.5) is 0 Å². The summed E-state index contributed by atoms with van der Waals surface area (Å²) in [6.07, 6.45) is 1.83. The summed E-state index contributed by atoms with van der Waals surface area (Å²) in [5.74, 6) is -0.171. The molecule has 0 aromatic heterocycles. The number of hydrogen-bond acceptors (Lipinski definition) is 3. The lowest BCUT2D eigenvalue weighted by molar-refractivity contribution is -0.145. The van der Waals surface area contributed by atoms with E-state index in [1.807, 2.05) is 24.8 Å². The second kappa shape index (κ2) is 6.60. The van der Waals surface area contributed by atoms with Gasteiger partial charge in [0.15, 0.2) is 0 Å². The third-order valence-corrected chi connectivity index (χ3v) is 2.14. The molecule has 3 nitrogen and oxygen atoms in total. The van der Waals surface area contributed by atoms with Crippen molar-refractivity contribution < 1.29 is 9.53 Å². The normalized spacial score (nSPS) is 13.0. The lowest BCUT2D eigenvalue weighted by atomic mass is 10.2. The van der Waals surface area contributed by atoms with Crippen molar-refractivity contribution in [2.75, 3.05) is 13.2 Å². The Morgan fingerprint density at radius 2 is 2.07 bits per heavy atom. The van der Waals surface area contributed by atoms with Gasteiger partial charge in [-0.15, -0.1) is 6.58 Å². The zero-order chi connectivity index (χ0) is 11.1. The summed E-state index contributed by atoms with van der Waals surface area (Å²) < 4.78 is 4.90. The van der Waals surface area contributed by atoms with Gasteiger partial charge in [-0.1, -0.05) is 6.08 Å². The second-order valence-corrected chi connectivity index (χ2v) is 3.55. The Morgan fingerprint density at radius 3 is 2.43 bits per heavy atom. The minimum atomic E-state index is -0.171. The Bertz CT molecular complexity index is 190. The van der Waals surface area contributed by atoms with E-state index < -0.39 is 0 Å². The zero-order valence-corrected chi connectivity index (χ0v) is 9.62. The average Bonchev–Trinajstić information content (AvgIpc) is 2.13. The van der Waals surface area contributed by atoms with Gasteiger partial charge < -0.3 is 4.74 Å². The molecule has 0 amide bonds. The maximum Gasteiger partial charge on any atom is 0.320 e. The Labute approximate surface area is 86.7 Å². The zero-order valence-electron chi connectivity index (χ0n) is 9.62. The lowest BCUT2D eigenvalue weighted by Crippen LogP contribution is -2.41. The van der Waals surface area contributed by atoms with Crippen LogP contribution in [-0.2, 0) is 9.53 Å². The van der Waals surface area contributed by atoms with Gasteiger partial charge in [-0.25, -0.2) is 0 Å². The Morgan fingerprint density at radius 1 is 1.50 bits per heavy atom. The van der Waals surface area contributed by atoms with Crippen LogP contribution >= 0.6 is 0 Å². The van der Waals surface area contributed by atoms with Crippen molar-refractivity contribution in [2.45, 2.75) is 39.8 Å². The van der Waals surface area contributed by atoms with E-state index in [1.54, 1.807) is 0 Å². The predicted octanol–water partition coefficient (Wildman–Crippen LogP) is 1.83. The van der Waals surface area contributed by atoms with Crippen LogP contribution in [0, 0.1) is 0 Å². The summed E-state index contributed by atoms with van der Waals surface area (Å²) in [6, 6.07) is 0.506. The largest absolute Gasteiger partial charge is 0.465 e. The van der Waals surface area contributed by atoms with Crippen LogP contribution in [0.5, 0.6) is 0 Å². The molecular weight excluding hydrogens is 178 g/mol. The van der Waals surface area contributed by atoms with Crippen LogP contribution in [0.3, 0.4) is 0 Å². The van der Waals surface area contributed by atoms with Gasteiger partial charge in [-0.3, -0.25) is 9.69 Å². The number of nitrogens with zero attached hydrogens (tertiary/aromatic N) is 1. The van der Waals surface area contributed by atoms with Gasteiger partial charge in [0.1, 0.15) is 0 Å². The minimum absolute atomic E-state index is 0.171. The van der Waals surface area contributed by atoms with E-state index in [-0.39, 0.29) is 12.0 Å². The highest BCUT2D eigenvalue weighted by molar-refractivity contribution is 5.71. The Kier molecular flexibility index (Phi) is 6.21. The number of hydrogen-bond donors (Lipinski definition) is 0. The molecule has 0 rings (SSSR count). The van der Waals surface area contributed by atoms with Crippen LogP contribution in [0.15, 0.2) is 12.7 Å². The summed E-state index contributed by atoms with van der Waals surface area (Å²) in [5.41, 5.74) is 0. The van der Waals surface area contributed by atoms with Crippen molar-refractivity contribution in [2.24, 2.45) is 0 Å². The molecule has 82 valence electrons. The van der Waals surface area contributed by atoms with E-state index in [1.165, 1.54) is 0 Å². The molecule has 1 unspecified atom stereocenters. The first-order valence-corrected chi connectivity index (χ1v) is 5.06. The lowest BCUT2D eigenvalue weighted by Gasteiger charge is -2.29. The molecule has 0 bridgehead atoms. The maximum atomic E-state index is 11.3. The van der Waals surface area contributed by atoms with E-state index in [9.17, 15) is 4.79 Å². The van der Waals surface area contributed by atoms with Crippen molar-refractivity contribution in [1.29, 1.82) is 0 Å². The first-order valence-electron chi connectivity index (χ1n) is 5.06. The molecule has 0 saturated carbocycles. The van der Waals surface area contributed by atoms with E-state index in [2.05, 4.69) is 20.4 Å². The first kappa shape index (κ1) is 13.2. The average molecular weight is 199 g/mol. The molecule has 0 aliphatic rings. The molecule has 0 radical (unpaired) electrons. The number of esters is 1. The third kappa shape index (κ3) is 4.42. The molecule has 0 saturated heterocycles. The molecule has 0 aromatic carbocycles. The number of ether oxygens (including phenoxy) is 1. The molecule has 0 heterocycles. The SMILES string of the molecule is C=CC(C)N(CC(=O)OCC)C(C)C. The van der Waals surface area contributed by atoms with Crippen molar-refractivity contribution in [3.63, 3.8) is 0 Å². The van der Waals surface area contributed by atoms with Gasteiger partial charge in [-0.2, -0.15) is 0 Å². The summed E-state index contributed by atoms with van der Waals surface area (Å²) in [7, 11) is 0. The van der Waals surface area contributed by atoms with Gasteiger partial charge in [0, 0.05) is 12.1 Å². The van der Waals surface area contributed by atoms with E-state index >= 15 is 0 Å². The monoisotopic (exact) mass is 199 g/mol. The Balaban J connectivity index is 4.22. The van der Waals surface area contributed by atoms with Crippen molar-refractivity contribution in [3.05, 3.63) is 12.7 Å². The van der Waals surface area contributed by atoms with Gasteiger partial charge in [0.2, 0.25) is 0 Å². The fourth-order valence-electron chi connectivity index (χ4n) is 1.29. The molecule has 0 aromatic rings. The minimum Gasteiger partial charge on any atom is -0.465 e. The smallest absolute Gasteiger partial charge is 0.320 e. The highest BCUT2D eigenvalue weighted by Gasteiger charge is 2.18. The fraction of sp³-hybridized carbons (Fsp3) is 0.727. The highest BCUT2D eigenvalue weighted by atomic mass is 16.5. The van der Waals surface area contributed by atoms with E-state index in [4.69, 9.17) is 4.74 Å². The summed E-state index contributed by atoms with van der Waals surface area (Å²) in [6.45, 7) is 12.4. The number of carbonyl (C=O) groups excluding carboxylic acids is 1. The van der Waals surface area contributed by atoms with Gasteiger partial charge in [0.25, 0.3) is 0 Å². The number of carbonyl (C=O) groups is 1. The summed E-state index contributed by atoms with van der Waals surface area (Å²) in [5, 5.41) is 0. The third-order valence-electron chi connectivity index (χ3n) is 2.14. The van der Waals surface area contributed by atoms with Crippen molar-refractivity contribution in [1.82, 2.24) is 4.90 Å². The molecule has 0 N–H and O–H groups in total. The van der Waals surface area contributed by atoms with Crippen LogP contribution < -0.4 is 0 Å². The molecule has 14 heavy (non-hydrogen) atoms.